The van der Waals surface area contributed by atoms with Crippen LogP contribution in [0.15, 0.2) is 59.9 Å². The van der Waals surface area contributed by atoms with E-state index in [4.69, 9.17) is 0 Å². The minimum Gasteiger partial charge on any atom is -0.360 e. The number of rotatable bonds is 8. The van der Waals surface area contributed by atoms with Gasteiger partial charge in [-0.25, -0.2) is 0 Å². The monoisotopic (exact) mass is 445 g/mol. The number of para-hydroxylation sites is 1. The standard InChI is InChI=1S/C24H23N5O2S/c1-15(30)25-12-16-6-8-17(9-7-16)22(31)14-32-24-28-27-23(29(24)18-10-11-18)20-13-26-21-5-3-2-4-19(20)21/h2-9,13,18,26H,10-12,14H2,1H3,(H,25,30). The van der Waals surface area contributed by atoms with Crippen LogP contribution < -0.4 is 5.32 Å². The molecule has 1 amide bonds. The molecule has 7 nitrogen and oxygen atoms in total. The van der Waals surface area contributed by atoms with E-state index >= 15 is 0 Å². The number of Topliss-reactive ketones (excluding diaryl/α,β-unsaturated/α-hetero) is 1. The van der Waals surface area contributed by atoms with Crippen LogP contribution in [0.4, 0.5) is 0 Å². The predicted molar refractivity (Wildman–Crippen MR) is 125 cm³/mol. The molecule has 2 N–H and O–H groups in total. The third kappa shape index (κ3) is 4.18. The minimum absolute atomic E-state index is 0.0417. The summed E-state index contributed by atoms with van der Waals surface area (Å²) in [7, 11) is 0. The number of fused-ring (bicyclic) bond motifs is 1. The SMILES string of the molecule is CC(=O)NCc1ccc(C(=O)CSc2nnc(-c3c[nH]c4ccccc34)n2C2CC2)cc1. The smallest absolute Gasteiger partial charge is 0.217 e. The van der Waals surface area contributed by atoms with Crippen LogP contribution >= 0.6 is 11.8 Å². The molecule has 8 heteroatoms. The average Bonchev–Trinajstić information content (AvgIpc) is 3.42. The van der Waals surface area contributed by atoms with E-state index in [2.05, 4.69) is 31.1 Å². The number of ketones is 1. The Morgan fingerprint density at radius 3 is 2.66 bits per heavy atom. The summed E-state index contributed by atoms with van der Waals surface area (Å²) in [6, 6.07) is 15.9. The van der Waals surface area contributed by atoms with Gasteiger partial charge in [0.2, 0.25) is 5.91 Å². The summed E-state index contributed by atoms with van der Waals surface area (Å²) in [6.07, 6.45) is 4.19. The third-order valence-electron chi connectivity index (χ3n) is 5.56. The number of nitrogens with zero attached hydrogens (tertiary/aromatic N) is 3. The van der Waals surface area contributed by atoms with E-state index in [1.54, 1.807) is 0 Å². The summed E-state index contributed by atoms with van der Waals surface area (Å²) in [6.45, 7) is 1.94. The first-order valence-electron chi connectivity index (χ1n) is 10.6. The molecular formula is C24H23N5O2S. The first-order chi connectivity index (χ1) is 15.6. The van der Waals surface area contributed by atoms with Crippen molar-refractivity contribution in [3.63, 3.8) is 0 Å². The van der Waals surface area contributed by atoms with E-state index in [-0.39, 0.29) is 11.7 Å². The molecule has 0 unspecified atom stereocenters. The number of H-pyrrole nitrogens is 1. The fraction of sp³-hybridized carbons (Fsp3) is 0.250. The highest BCUT2D eigenvalue weighted by atomic mass is 32.2. The second kappa shape index (κ2) is 8.63. The lowest BCUT2D eigenvalue weighted by atomic mass is 10.1. The molecule has 0 bridgehead atoms. The fourth-order valence-electron chi connectivity index (χ4n) is 3.73. The minimum atomic E-state index is -0.0756. The van der Waals surface area contributed by atoms with E-state index in [9.17, 15) is 9.59 Å². The van der Waals surface area contributed by atoms with Crippen molar-refractivity contribution in [2.75, 3.05) is 5.75 Å². The Morgan fingerprint density at radius 2 is 1.91 bits per heavy atom. The lowest BCUT2D eigenvalue weighted by molar-refractivity contribution is -0.119. The van der Waals surface area contributed by atoms with Crippen LogP contribution in [-0.4, -0.2) is 37.2 Å². The molecule has 4 aromatic rings. The molecule has 32 heavy (non-hydrogen) atoms. The second-order valence-electron chi connectivity index (χ2n) is 7.97. The lowest BCUT2D eigenvalue weighted by Gasteiger charge is -2.08. The first-order valence-corrected chi connectivity index (χ1v) is 11.6. The molecule has 1 aliphatic carbocycles. The Kier molecular flexibility index (Phi) is 5.53. The topological polar surface area (TPSA) is 92.7 Å². The molecule has 5 rings (SSSR count). The van der Waals surface area contributed by atoms with Crippen molar-refractivity contribution < 1.29 is 9.59 Å². The number of carbonyl (C=O) groups is 2. The van der Waals surface area contributed by atoms with Crippen molar-refractivity contribution >= 4 is 34.4 Å². The van der Waals surface area contributed by atoms with E-state index in [0.717, 1.165) is 45.9 Å². The number of hydrogen-bond acceptors (Lipinski definition) is 5. The number of aromatic amines is 1. The van der Waals surface area contributed by atoms with E-state index < -0.39 is 0 Å². The van der Waals surface area contributed by atoms with Gasteiger partial charge in [-0.1, -0.05) is 54.2 Å². The Hall–Kier alpha value is -3.39. The van der Waals surface area contributed by atoms with Crippen LogP contribution in [0.2, 0.25) is 0 Å². The normalized spacial score (nSPS) is 13.4. The van der Waals surface area contributed by atoms with Gasteiger partial charge in [0.15, 0.2) is 16.8 Å². The number of carbonyl (C=O) groups excluding carboxylic acids is 2. The van der Waals surface area contributed by atoms with Crippen molar-refractivity contribution in [3.05, 3.63) is 65.9 Å². The molecular weight excluding hydrogens is 422 g/mol. The van der Waals surface area contributed by atoms with Crippen LogP contribution in [0.25, 0.3) is 22.3 Å². The summed E-state index contributed by atoms with van der Waals surface area (Å²) in [5.41, 5.74) is 3.71. The van der Waals surface area contributed by atoms with Gasteiger partial charge in [-0.3, -0.25) is 14.2 Å². The molecule has 1 saturated carbocycles. The molecule has 0 spiro atoms. The van der Waals surface area contributed by atoms with Crippen LogP contribution in [0.5, 0.6) is 0 Å². The summed E-state index contributed by atoms with van der Waals surface area (Å²) in [5, 5.41) is 13.6. The summed E-state index contributed by atoms with van der Waals surface area (Å²) in [4.78, 5) is 27.1. The maximum Gasteiger partial charge on any atom is 0.217 e. The molecule has 0 radical (unpaired) electrons. The number of amides is 1. The fourth-order valence-corrected chi connectivity index (χ4v) is 4.63. The second-order valence-corrected chi connectivity index (χ2v) is 8.92. The molecule has 2 aromatic heterocycles. The largest absolute Gasteiger partial charge is 0.360 e. The van der Waals surface area contributed by atoms with Crippen LogP contribution in [0, 0.1) is 0 Å². The molecule has 0 atom stereocenters. The van der Waals surface area contributed by atoms with Crippen molar-refractivity contribution in [2.45, 2.75) is 37.5 Å². The molecule has 1 fully saturated rings. The quantitative estimate of drug-likeness (QED) is 0.310. The van der Waals surface area contributed by atoms with Gasteiger partial charge in [0.1, 0.15) is 0 Å². The summed E-state index contributed by atoms with van der Waals surface area (Å²) in [5.74, 6) is 1.11. The van der Waals surface area contributed by atoms with Crippen LogP contribution in [0.1, 0.15) is 41.7 Å². The Morgan fingerprint density at radius 1 is 1.12 bits per heavy atom. The molecule has 0 saturated heterocycles. The van der Waals surface area contributed by atoms with Crippen LogP contribution in [0.3, 0.4) is 0 Å². The highest BCUT2D eigenvalue weighted by molar-refractivity contribution is 7.99. The third-order valence-corrected chi connectivity index (χ3v) is 6.50. The number of aromatic nitrogens is 4. The van der Waals surface area contributed by atoms with E-state index in [1.165, 1.54) is 18.7 Å². The molecule has 2 aromatic carbocycles. The zero-order chi connectivity index (χ0) is 22.1. The summed E-state index contributed by atoms with van der Waals surface area (Å²) < 4.78 is 2.18. The number of nitrogens with one attached hydrogen (secondary N) is 2. The maximum absolute atomic E-state index is 12.7. The molecule has 162 valence electrons. The first kappa shape index (κ1) is 20.5. The van der Waals surface area contributed by atoms with Gasteiger partial charge >= 0.3 is 0 Å². The van der Waals surface area contributed by atoms with Crippen molar-refractivity contribution in [1.82, 2.24) is 25.1 Å². The zero-order valence-corrected chi connectivity index (χ0v) is 18.5. The van der Waals surface area contributed by atoms with Crippen LogP contribution in [-0.2, 0) is 11.3 Å². The number of benzene rings is 2. The maximum atomic E-state index is 12.7. The molecule has 0 aliphatic heterocycles. The van der Waals surface area contributed by atoms with Gasteiger partial charge in [-0.05, 0) is 24.5 Å². The van der Waals surface area contributed by atoms with Crippen molar-refractivity contribution in [3.8, 4) is 11.4 Å². The molecule has 2 heterocycles. The highest BCUT2D eigenvalue weighted by Crippen LogP contribution is 2.42. The highest BCUT2D eigenvalue weighted by Gasteiger charge is 2.31. The predicted octanol–water partition coefficient (Wildman–Crippen LogP) is 4.37. The number of hydrogen-bond donors (Lipinski definition) is 2. The van der Waals surface area contributed by atoms with E-state index in [1.807, 2.05) is 48.7 Å². The van der Waals surface area contributed by atoms with E-state index in [0.29, 0.717) is 23.9 Å². The van der Waals surface area contributed by atoms with Gasteiger partial charge < -0.3 is 10.3 Å². The van der Waals surface area contributed by atoms with Gasteiger partial charge in [0.05, 0.1) is 5.75 Å². The lowest BCUT2D eigenvalue weighted by Crippen LogP contribution is -2.18. The Labute approximate surface area is 189 Å². The molecule has 1 aliphatic rings. The van der Waals surface area contributed by atoms with Gasteiger partial charge in [-0.2, -0.15) is 0 Å². The Balaban J connectivity index is 1.32. The van der Waals surface area contributed by atoms with Crippen molar-refractivity contribution in [2.24, 2.45) is 0 Å². The van der Waals surface area contributed by atoms with Gasteiger partial charge in [0.25, 0.3) is 0 Å². The average molecular weight is 446 g/mol. The number of thioether (sulfide) groups is 1. The van der Waals surface area contributed by atoms with Crippen molar-refractivity contribution in [1.29, 1.82) is 0 Å². The Bertz CT molecular complexity index is 1290. The summed E-state index contributed by atoms with van der Waals surface area (Å²) >= 11 is 1.43. The zero-order valence-electron chi connectivity index (χ0n) is 17.7. The van der Waals surface area contributed by atoms with Gasteiger partial charge in [-0.15, -0.1) is 10.2 Å². The van der Waals surface area contributed by atoms with Gasteiger partial charge in [0, 0.05) is 47.7 Å².